The molecule has 0 saturated heterocycles. The highest BCUT2D eigenvalue weighted by molar-refractivity contribution is 7.89. The topological polar surface area (TPSA) is 49.9 Å². The molecule has 3 rings (SSSR count). The van der Waals surface area contributed by atoms with Crippen LogP contribution < -0.4 is 9.64 Å². The summed E-state index contributed by atoms with van der Waals surface area (Å²) in [4.78, 5) is 3.78. The van der Waals surface area contributed by atoms with E-state index in [9.17, 15) is 8.42 Å². The molecular weight excluding hydrogens is 392 g/mol. The van der Waals surface area contributed by atoms with Crippen molar-refractivity contribution in [1.82, 2.24) is 4.31 Å². The predicted octanol–water partition coefficient (Wildman–Crippen LogP) is 4.21. The van der Waals surface area contributed by atoms with E-state index in [0.29, 0.717) is 11.4 Å². The van der Waals surface area contributed by atoms with E-state index in [2.05, 4.69) is 16.3 Å². The molecule has 0 aliphatic carbocycles. The van der Waals surface area contributed by atoms with Gasteiger partial charge >= 0.3 is 0 Å². The Morgan fingerprint density at radius 3 is 2.32 bits per heavy atom. The quantitative estimate of drug-likeness (QED) is 0.552. The maximum absolute atomic E-state index is 12.5. The Morgan fingerprint density at radius 1 is 0.964 bits per heavy atom. The number of sulfonamides is 1. The van der Waals surface area contributed by atoms with Gasteiger partial charge < -0.3 is 9.64 Å². The minimum absolute atomic E-state index is 0.306. The van der Waals surface area contributed by atoms with E-state index >= 15 is 0 Å². The number of hydrogen-bond acceptors (Lipinski definition) is 5. The van der Waals surface area contributed by atoms with Gasteiger partial charge in [-0.2, -0.15) is 0 Å². The lowest BCUT2D eigenvalue weighted by molar-refractivity contribution is 0.415. The summed E-state index contributed by atoms with van der Waals surface area (Å²) in [5.41, 5.74) is 1.99. The molecule has 0 amide bonds. The van der Waals surface area contributed by atoms with Gasteiger partial charge in [0.05, 0.1) is 18.6 Å². The molecule has 7 heteroatoms. The van der Waals surface area contributed by atoms with Crippen LogP contribution in [0.2, 0.25) is 0 Å². The molecule has 0 bridgehead atoms. The molecule has 0 N–H and O–H groups in total. The van der Waals surface area contributed by atoms with Crippen LogP contribution in [0.1, 0.15) is 10.4 Å². The van der Waals surface area contributed by atoms with Gasteiger partial charge in [0.1, 0.15) is 5.75 Å². The molecule has 0 unspecified atom stereocenters. The lowest BCUT2D eigenvalue weighted by atomic mass is 10.2. The molecule has 148 valence electrons. The first kappa shape index (κ1) is 20.4. The van der Waals surface area contributed by atoms with Crippen molar-refractivity contribution in [2.24, 2.45) is 0 Å². The van der Waals surface area contributed by atoms with Crippen LogP contribution in [0.25, 0.3) is 0 Å². The van der Waals surface area contributed by atoms with Crippen molar-refractivity contribution in [3.05, 3.63) is 76.5 Å². The van der Waals surface area contributed by atoms with Gasteiger partial charge in [-0.1, -0.05) is 18.2 Å². The van der Waals surface area contributed by atoms with Gasteiger partial charge in [-0.05, 0) is 53.4 Å². The van der Waals surface area contributed by atoms with Crippen LogP contribution in [0.3, 0.4) is 0 Å². The summed E-state index contributed by atoms with van der Waals surface area (Å²) >= 11 is 1.71. The molecule has 0 saturated carbocycles. The Kier molecular flexibility index (Phi) is 6.39. The van der Waals surface area contributed by atoms with Crippen LogP contribution in [-0.2, 0) is 23.1 Å². The smallest absolute Gasteiger partial charge is 0.242 e. The predicted molar refractivity (Wildman–Crippen MR) is 115 cm³/mol. The normalized spacial score (nSPS) is 11.6. The molecule has 2 aromatic carbocycles. The Morgan fingerprint density at radius 2 is 1.71 bits per heavy atom. The van der Waals surface area contributed by atoms with Gasteiger partial charge in [-0.25, -0.2) is 12.7 Å². The number of benzene rings is 2. The molecular formula is C21H24N2O3S2. The van der Waals surface area contributed by atoms with E-state index in [-0.39, 0.29) is 0 Å². The zero-order chi connectivity index (χ0) is 20.1. The number of thiophene rings is 1. The maximum atomic E-state index is 12.5. The first-order valence-electron chi connectivity index (χ1n) is 8.83. The molecule has 1 heterocycles. The Balaban J connectivity index is 1.91. The third-order valence-corrected chi connectivity index (χ3v) is 7.09. The first-order chi connectivity index (χ1) is 13.4. The van der Waals surface area contributed by atoms with Gasteiger partial charge in [-0.15, -0.1) is 11.3 Å². The molecule has 0 fully saturated rings. The van der Waals surface area contributed by atoms with Gasteiger partial charge in [0.2, 0.25) is 10.0 Å². The van der Waals surface area contributed by atoms with E-state index in [1.807, 2.05) is 36.4 Å². The molecule has 3 aromatic rings. The summed E-state index contributed by atoms with van der Waals surface area (Å²) in [5.74, 6) is 0.805. The molecule has 1 aromatic heterocycles. The second-order valence-electron chi connectivity index (χ2n) is 6.57. The van der Waals surface area contributed by atoms with Crippen LogP contribution in [-0.4, -0.2) is 33.9 Å². The van der Waals surface area contributed by atoms with Crippen LogP contribution in [0, 0.1) is 0 Å². The van der Waals surface area contributed by atoms with Crippen molar-refractivity contribution in [3.8, 4) is 5.75 Å². The highest BCUT2D eigenvalue weighted by Crippen LogP contribution is 2.25. The molecule has 0 spiro atoms. The van der Waals surface area contributed by atoms with Gasteiger partial charge in [-0.3, -0.25) is 0 Å². The largest absolute Gasteiger partial charge is 0.497 e. The average molecular weight is 417 g/mol. The van der Waals surface area contributed by atoms with E-state index in [1.165, 1.54) is 9.18 Å². The van der Waals surface area contributed by atoms with E-state index in [0.717, 1.165) is 23.5 Å². The highest BCUT2D eigenvalue weighted by Gasteiger charge is 2.18. The molecule has 0 radical (unpaired) electrons. The maximum Gasteiger partial charge on any atom is 0.242 e. The van der Waals surface area contributed by atoms with Crippen LogP contribution in [0.4, 0.5) is 5.69 Å². The number of hydrogen-bond donors (Lipinski definition) is 0. The van der Waals surface area contributed by atoms with Crippen molar-refractivity contribution in [1.29, 1.82) is 0 Å². The van der Waals surface area contributed by atoms with Crippen molar-refractivity contribution in [2.45, 2.75) is 18.0 Å². The summed E-state index contributed by atoms with van der Waals surface area (Å²) in [5, 5.41) is 2.06. The lowest BCUT2D eigenvalue weighted by Crippen LogP contribution is -2.23. The highest BCUT2D eigenvalue weighted by atomic mass is 32.2. The molecule has 0 aliphatic heterocycles. The number of methoxy groups -OCH3 is 1. The second-order valence-corrected chi connectivity index (χ2v) is 9.75. The fourth-order valence-electron chi connectivity index (χ4n) is 2.86. The number of anilines is 1. The summed E-state index contributed by atoms with van der Waals surface area (Å²) in [6.07, 6.45) is 0. The second kappa shape index (κ2) is 8.77. The van der Waals surface area contributed by atoms with Crippen molar-refractivity contribution >= 4 is 27.0 Å². The number of rotatable bonds is 8. The third kappa shape index (κ3) is 4.73. The summed E-state index contributed by atoms with van der Waals surface area (Å²) in [6, 6.07) is 19.2. The fraction of sp³-hybridized carbons (Fsp3) is 0.238. The van der Waals surface area contributed by atoms with Crippen molar-refractivity contribution < 1.29 is 13.2 Å². The van der Waals surface area contributed by atoms with Gasteiger partial charge in [0.25, 0.3) is 0 Å². The molecule has 0 aliphatic rings. The first-order valence-corrected chi connectivity index (χ1v) is 11.1. The Labute approximate surface area is 170 Å². The van der Waals surface area contributed by atoms with Gasteiger partial charge in [0.15, 0.2) is 0 Å². The summed E-state index contributed by atoms with van der Waals surface area (Å²) in [7, 11) is 1.28. The zero-order valence-electron chi connectivity index (χ0n) is 16.2. The van der Waals surface area contributed by atoms with Crippen molar-refractivity contribution in [3.63, 3.8) is 0 Å². The standard InChI is InChI=1S/C21H24N2O3S2/c1-22(2)28(24,25)21-8-4-6-17(14-21)15-23(16-20-7-5-13-27-20)18-9-11-19(26-3)12-10-18/h4-14H,15-16H2,1-3H3. The lowest BCUT2D eigenvalue weighted by Gasteiger charge is -2.25. The summed E-state index contributed by atoms with van der Waals surface area (Å²) < 4.78 is 31.4. The van der Waals surface area contributed by atoms with E-state index in [4.69, 9.17) is 4.74 Å². The minimum atomic E-state index is -3.46. The van der Waals surface area contributed by atoms with Crippen LogP contribution in [0.5, 0.6) is 5.75 Å². The third-order valence-electron chi connectivity index (χ3n) is 4.41. The molecule has 5 nitrogen and oxygen atoms in total. The average Bonchev–Trinajstić information content (AvgIpc) is 3.21. The minimum Gasteiger partial charge on any atom is -0.497 e. The summed E-state index contributed by atoms with van der Waals surface area (Å²) in [6.45, 7) is 1.34. The van der Waals surface area contributed by atoms with E-state index in [1.54, 1.807) is 50.7 Å². The molecule has 28 heavy (non-hydrogen) atoms. The number of nitrogens with zero attached hydrogens (tertiary/aromatic N) is 2. The Bertz CT molecular complexity index is 998. The monoisotopic (exact) mass is 416 g/mol. The Hall–Kier alpha value is -2.35. The molecule has 0 atom stereocenters. The van der Waals surface area contributed by atoms with E-state index < -0.39 is 10.0 Å². The number of ether oxygens (including phenoxy) is 1. The van der Waals surface area contributed by atoms with Crippen LogP contribution in [0.15, 0.2) is 70.9 Å². The fourth-order valence-corrected chi connectivity index (χ4v) is 4.55. The zero-order valence-corrected chi connectivity index (χ0v) is 17.8. The van der Waals surface area contributed by atoms with Crippen LogP contribution >= 0.6 is 11.3 Å². The SMILES string of the molecule is COc1ccc(N(Cc2cccc(S(=O)(=O)N(C)C)c2)Cc2cccs2)cc1. The van der Waals surface area contributed by atoms with Gasteiger partial charge in [0, 0.05) is 31.2 Å². The van der Waals surface area contributed by atoms with Crippen molar-refractivity contribution in [2.75, 3.05) is 26.1 Å².